The van der Waals surface area contributed by atoms with Gasteiger partial charge in [-0.2, -0.15) is 0 Å². The highest BCUT2D eigenvalue weighted by atomic mass is 19.1. The Balaban J connectivity index is 1.72. The third kappa shape index (κ3) is 2.51. The van der Waals surface area contributed by atoms with Crippen molar-refractivity contribution in [3.8, 4) is 0 Å². The number of rotatable bonds is 3. The van der Waals surface area contributed by atoms with Crippen LogP contribution in [-0.2, 0) is 0 Å². The molecule has 2 nitrogen and oxygen atoms in total. The van der Waals surface area contributed by atoms with Gasteiger partial charge < -0.3 is 10.2 Å². The summed E-state index contributed by atoms with van der Waals surface area (Å²) in [7, 11) is 0. The molecule has 1 aromatic rings. The van der Waals surface area contributed by atoms with Crippen LogP contribution in [0.4, 0.5) is 10.1 Å². The van der Waals surface area contributed by atoms with Crippen LogP contribution < -0.4 is 10.2 Å². The molecule has 1 saturated carbocycles. The predicted octanol–water partition coefficient (Wildman–Crippen LogP) is 2.85. The number of nitrogens with zero attached hydrogens (tertiary/aromatic N) is 1. The molecule has 1 unspecified atom stereocenters. The Morgan fingerprint density at radius 3 is 2.83 bits per heavy atom. The standard InChI is InChI=1S/C15H21FN2/c1-11-14(16)5-2-6-15(11)18-9-3-4-13(10-18)17-12-7-8-12/h2,5-6,12-13,17H,3-4,7-10H2,1H3. The predicted molar refractivity (Wildman–Crippen MR) is 72.5 cm³/mol. The second kappa shape index (κ2) is 4.88. The van der Waals surface area contributed by atoms with Crippen molar-refractivity contribution in [2.45, 2.75) is 44.7 Å². The summed E-state index contributed by atoms with van der Waals surface area (Å²) < 4.78 is 13.6. The average Bonchev–Trinajstić information content (AvgIpc) is 3.17. The molecule has 0 amide bonds. The third-order valence-electron chi connectivity index (χ3n) is 4.05. The van der Waals surface area contributed by atoms with Gasteiger partial charge in [-0.15, -0.1) is 0 Å². The molecule has 1 saturated heterocycles. The van der Waals surface area contributed by atoms with Crippen LogP contribution in [0.25, 0.3) is 0 Å². The van der Waals surface area contributed by atoms with Crippen LogP contribution in [0.2, 0.25) is 0 Å². The number of halogens is 1. The SMILES string of the molecule is Cc1c(F)cccc1N1CCCC(NC2CC2)C1. The first kappa shape index (κ1) is 12.0. The van der Waals surface area contributed by atoms with Gasteiger partial charge in [0.2, 0.25) is 0 Å². The van der Waals surface area contributed by atoms with Gasteiger partial charge in [-0.1, -0.05) is 6.07 Å². The zero-order valence-corrected chi connectivity index (χ0v) is 11.0. The van der Waals surface area contributed by atoms with Crippen molar-refractivity contribution in [2.75, 3.05) is 18.0 Å². The molecule has 0 aromatic heterocycles. The number of piperidine rings is 1. The lowest BCUT2D eigenvalue weighted by Gasteiger charge is -2.35. The van der Waals surface area contributed by atoms with Crippen LogP contribution >= 0.6 is 0 Å². The van der Waals surface area contributed by atoms with Gasteiger partial charge in [0.05, 0.1) is 0 Å². The molecule has 0 spiro atoms. The molecule has 98 valence electrons. The van der Waals surface area contributed by atoms with Gasteiger partial charge in [0.25, 0.3) is 0 Å². The molecule has 18 heavy (non-hydrogen) atoms. The molecular weight excluding hydrogens is 227 g/mol. The molecule has 3 rings (SSSR count). The number of hydrogen-bond donors (Lipinski definition) is 1. The molecule has 3 heteroatoms. The Morgan fingerprint density at radius 1 is 1.22 bits per heavy atom. The van der Waals surface area contributed by atoms with Crippen molar-refractivity contribution < 1.29 is 4.39 Å². The van der Waals surface area contributed by atoms with Crippen LogP contribution in [0, 0.1) is 12.7 Å². The van der Waals surface area contributed by atoms with E-state index in [0.717, 1.165) is 30.4 Å². The average molecular weight is 248 g/mol. The summed E-state index contributed by atoms with van der Waals surface area (Å²) in [6, 6.07) is 6.73. The largest absolute Gasteiger partial charge is 0.370 e. The van der Waals surface area contributed by atoms with Crippen LogP contribution in [0.5, 0.6) is 0 Å². The normalized spacial score (nSPS) is 24.3. The highest BCUT2D eigenvalue weighted by Crippen LogP contribution is 2.27. The summed E-state index contributed by atoms with van der Waals surface area (Å²) in [5.74, 6) is -0.0928. The zero-order chi connectivity index (χ0) is 12.5. The maximum atomic E-state index is 13.6. The Hall–Kier alpha value is -1.09. The Morgan fingerprint density at radius 2 is 2.06 bits per heavy atom. The van der Waals surface area contributed by atoms with E-state index >= 15 is 0 Å². The molecule has 0 bridgehead atoms. The molecular formula is C15H21FN2. The summed E-state index contributed by atoms with van der Waals surface area (Å²) >= 11 is 0. The highest BCUT2D eigenvalue weighted by molar-refractivity contribution is 5.54. The molecule has 2 fully saturated rings. The zero-order valence-electron chi connectivity index (χ0n) is 11.0. The van der Waals surface area contributed by atoms with Crippen LogP contribution in [0.1, 0.15) is 31.2 Å². The van der Waals surface area contributed by atoms with Crippen molar-refractivity contribution in [2.24, 2.45) is 0 Å². The van der Waals surface area contributed by atoms with Gasteiger partial charge in [0.1, 0.15) is 5.82 Å². The van der Waals surface area contributed by atoms with Crippen LogP contribution in [0.3, 0.4) is 0 Å². The first-order chi connectivity index (χ1) is 8.74. The second-order valence-electron chi connectivity index (χ2n) is 5.61. The topological polar surface area (TPSA) is 15.3 Å². The third-order valence-corrected chi connectivity index (χ3v) is 4.05. The van der Waals surface area contributed by atoms with Gasteiger partial charge in [-0.25, -0.2) is 4.39 Å². The first-order valence-electron chi connectivity index (χ1n) is 7.00. The maximum Gasteiger partial charge on any atom is 0.128 e. The summed E-state index contributed by atoms with van der Waals surface area (Å²) in [6.45, 7) is 3.94. The number of hydrogen-bond acceptors (Lipinski definition) is 2. The van der Waals surface area contributed by atoms with Crippen molar-refractivity contribution in [3.05, 3.63) is 29.6 Å². The minimum absolute atomic E-state index is 0.0928. The van der Waals surface area contributed by atoms with E-state index in [2.05, 4.69) is 10.2 Å². The first-order valence-corrected chi connectivity index (χ1v) is 7.00. The summed E-state index contributed by atoms with van der Waals surface area (Å²) in [6.07, 6.45) is 5.10. The lowest BCUT2D eigenvalue weighted by molar-refractivity contribution is 0.420. The van der Waals surface area contributed by atoms with Crippen molar-refractivity contribution in [1.29, 1.82) is 0 Å². The molecule has 1 aliphatic carbocycles. The van der Waals surface area contributed by atoms with Gasteiger partial charge in [0, 0.05) is 36.4 Å². The quantitative estimate of drug-likeness (QED) is 0.885. The monoisotopic (exact) mass is 248 g/mol. The number of nitrogens with one attached hydrogen (secondary N) is 1. The van der Waals surface area contributed by atoms with Crippen molar-refractivity contribution >= 4 is 5.69 Å². The molecule has 1 aliphatic heterocycles. The summed E-state index contributed by atoms with van der Waals surface area (Å²) in [4.78, 5) is 2.34. The molecule has 1 atom stereocenters. The van der Waals surface area contributed by atoms with Crippen molar-refractivity contribution in [3.63, 3.8) is 0 Å². The van der Waals surface area contributed by atoms with E-state index < -0.39 is 0 Å². The van der Waals surface area contributed by atoms with E-state index in [1.54, 1.807) is 6.07 Å². The van der Waals surface area contributed by atoms with Gasteiger partial charge >= 0.3 is 0 Å². The molecule has 1 N–H and O–H groups in total. The minimum atomic E-state index is -0.0928. The van der Waals surface area contributed by atoms with Gasteiger partial charge in [-0.3, -0.25) is 0 Å². The van der Waals surface area contributed by atoms with Crippen LogP contribution in [0.15, 0.2) is 18.2 Å². The molecule has 0 radical (unpaired) electrons. The van der Waals surface area contributed by atoms with E-state index in [4.69, 9.17) is 0 Å². The van der Waals surface area contributed by atoms with Crippen LogP contribution in [-0.4, -0.2) is 25.2 Å². The Labute approximate surface area is 108 Å². The molecule has 1 heterocycles. The Kier molecular flexibility index (Phi) is 3.25. The Bertz CT molecular complexity index is 429. The fraction of sp³-hybridized carbons (Fsp3) is 0.600. The van der Waals surface area contributed by atoms with Gasteiger partial charge in [0.15, 0.2) is 0 Å². The van der Waals surface area contributed by atoms with Crippen molar-refractivity contribution in [1.82, 2.24) is 5.32 Å². The number of anilines is 1. The fourth-order valence-electron chi connectivity index (χ4n) is 2.85. The smallest absolute Gasteiger partial charge is 0.128 e. The molecule has 1 aromatic carbocycles. The molecule has 2 aliphatic rings. The summed E-state index contributed by atoms with van der Waals surface area (Å²) in [5.41, 5.74) is 1.85. The summed E-state index contributed by atoms with van der Waals surface area (Å²) in [5, 5.41) is 3.69. The minimum Gasteiger partial charge on any atom is -0.370 e. The van der Waals surface area contributed by atoms with E-state index in [1.807, 2.05) is 19.1 Å². The van der Waals surface area contributed by atoms with E-state index in [1.165, 1.54) is 25.7 Å². The fourth-order valence-corrected chi connectivity index (χ4v) is 2.85. The maximum absolute atomic E-state index is 13.6. The number of benzene rings is 1. The van der Waals surface area contributed by atoms with Gasteiger partial charge in [-0.05, 0) is 44.7 Å². The lowest BCUT2D eigenvalue weighted by Crippen LogP contribution is -2.46. The lowest BCUT2D eigenvalue weighted by atomic mass is 10.0. The van der Waals surface area contributed by atoms with E-state index in [-0.39, 0.29) is 5.82 Å². The van der Waals surface area contributed by atoms with E-state index in [9.17, 15) is 4.39 Å². The second-order valence-corrected chi connectivity index (χ2v) is 5.61. The van der Waals surface area contributed by atoms with E-state index in [0.29, 0.717) is 6.04 Å². The highest BCUT2D eigenvalue weighted by Gasteiger charge is 2.28.